The van der Waals surface area contributed by atoms with E-state index < -0.39 is 0 Å². The minimum Gasteiger partial charge on any atom is -0.491 e. The number of ether oxygens (including phenoxy) is 1. The van der Waals surface area contributed by atoms with Crippen LogP contribution in [0.15, 0.2) is 42.7 Å². The number of hydrogen-bond donors (Lipinski definition) is 1. The van der Waals surface area contributed by atoms with Crippen molar-refractivity contribution in [1.82, 2.24) is 4.98 Å². The fraction of sp³-hybridized carbons (Fsp3) is 0.200. The molecule has 5 heteroatoms. The van der Waals surface area contributed by atoms with Crippen molar-refractivity contribution >= 4 is 23.2 Å². The molecule has 0 saturated carbocycles. The highest BCUT2D eigenvalue weighted by Crippen LogP contribution is 2.20. The van der Waals surface area contributed by atoms with Gasteiger partial charge < -0.3 is 10.1 Å². The topological polar surface area (TPSA) is 51.2 Å². The molecule has 0 saturated heterocycles. The molecule has 1 N–H and O–H groups in total. The van der Waals surface area contributed by atoms with Crippen molar-refractivity contribution in [3.05, 3.63) is 53.3 Å². The lowest BCUT2D eigenvalue weighted by atomic mass is 10.2. The highest BCUT2D eigenvalue weighted by atomic mass is 35.5. The SMILES string of the molecule is CC(C)Oc1ccc(C(=O)Nc2cnccc2Cl)cc1. The molecular weight excluding hydrogens is 276 g/mol. The van der Waals surface area contributed by atoms with Crippen molar-refractivity contribution in [2.75, 3.05) is 5.32 Å². The van der Waals surface area contributed by atoms with Gasteiger partial charge in [-0.3, -0.25) is 9.78 Å². The van der Waals surface area contributed by atoms with E-state index in [4.69, 9.17) is 16.3 Å². The number of nitrogens with zero attached hydrogens (tertiary/aromatic N) is 1. The van der Waals surface area contributed by atoms with Gasteiger partial charge in [0, 0.05) is 11.8 Å². The predicted octanol–water partition coefficient (Wildman–Crippen LogP) is 3.77. The van der Waals surface area contributed by atoms with Crippen LogP contribution in [0.3, 0.4) is 0 Å². The van der Waals surface area contributed by atoms with Gasteiger partial charge in [0.1, 0.15) is 5.75 Å². The lowest BCUT2D eigenvalue weighted by molar-refractivity contribution is 0.102. The molecular formula is C15H15ClN2O2. The van der Waals surface area contributed by atoms with E-state index in [1.807, 2.05) is 13.8 Å². The molecule has 20 heavy (non-hydrogen) atoms. The van der Waals surface area contributed by atoms with Crippen molar-refractivity contribution in [1.29, 1.82) is 0 Å². The summed E-state index contributed by atoms with van der Waals surface area (Å²) in [6, 6.07) is 8.56. The summed E-state index contributed by atoms with van der Waals surface area (Å²) in [5, 5.41) is 3.16. The summed E-state index contributed by atoms with van der Waals surface area (Å²) in [6.45, 7) is 3.90. The molecule has 2 aromatic rings. The number of aromatic nitrogens is 1. The fourth-order valence-corrected chi connectivity index (χ4v) is 1.77. The Labute approximate surface area is 122 Å². The molecule has 0 aliphatic heterocycles. The normalized spacial score (nSPS) is 10.4. The number of anilines is 1. The molecule has 1 heterocycles. The van der Waals surface area contributed by atoms with Crippen molar-refractivity contribution < 1.29 is 9.53 Å². The number of nitrogens with one attached hydrogen (secondary N) is 1. The molecule has 0 spiro atoms. The standard InChI is InChI=1S/C15H15ClN2O2/c1-10(2)20-12-5-3-11(4-6-12)15(19)18-14-9-17-8-7-13(14)16/h3-10H,1-2H3,(H,18,19). The zero-order chi connectivity index (χ0) is 14.5. The third-order valence-corrected chi connectivity index (χ3v) is 2.83. The van der Waals surface area contributed by atoms with Crippen LogP contribution >= 0.6 is 11.6 Å². The maximum absolute atomic E-state index is 12.1. The number of carbonyl (C=O) groups excluding carboxylic acids is 1. The van der Waals surface area contributed by atoms with Crippen LogP contribution in [0.1, 0.15) is 24.2 Å². The van der Waals surface area contributed by atoms with E-state index in [-0.39, 0.29) is 12.0 Å². The molecule has 0 fully saturated rings. The number of halogens is 1. The van der Waals surface area contributed by atoms with Gasteiger partial charge in [0.25, 0.3) is 5.91 Å². The zero-order valence-corrected chi connectivity index (χ0v) is 12.0. The van der Waals surface area contributed by atoms with Crippen molar-refractivity contribution in [3.63, 3.8) is 0 Å². The second-order valence-corrected chi connectivity index (χ2v) is 4.91. The smallest absolute Gasteiger partial charge is 0.255 e. The van der Waals surface area contributed by atoms with Crippen LogP contribution in [-0.2, 0) is 0 Å². The number of hydrogen-bond acceptors (Lipinski definition) is 3. The Bertz CT molecular complexity index is 597. The van der Waals surface area contributed by atoms with Crippen LogP contribution in [0.4, 0.5) is 5.69 Å². The molecule has 1 aromatic carbocycles. The Balaban J connectivity index is 2.08. The van der Waals surface area contributed by atoms with Gasteiger partial charge in [-0.05, 0) is 44.2 Å². The van der Waals surface area contributed by atoms with Gasteiger partial charge >= 0.3 is 0 Å². The zero-order valence-electron chi connectivity index (χ0n) is 11.3. The summed E-state index contributed by atoms with van der Waals surface area (Å²) in [4.78, 5) is 16.0. The van der Waals surface area contributed by atoms with Gasteiger partial charge in [0.2, 0.25) is 0 Å². The second kappa shape index (κ2) is 6.39. The van der Waals surface area contributed by atoms with Crippen LogP contribution in [0.5, 0.6) is 5.75 Å². The van der Waals surface area contributed by atoms with Crippen LogP contribution in [0.25, 0.3) is 0 Å². The third kappa shape index (κ3) is 3.71. The van der Waals surface area contributed by atoms with Crippen molar-refractivity contribution in [2.24, 2.45) is 0 Å². The van der Waals surface area contributed by atoms with E-state index in [0.29, 0.717) is 16.3 Å². The number of benzene rings is 1. The van der Waals surface area contributed by atoms with Gasteiger partial charge in [-0.15, -0.1) is 0 Å². The molecule has 0 aliphatic carbocycles. The van der Waals surface area contributed by atoms with Gasteiger partial charge in [-0.25, -0.2) is 0 Å². The second-order valence-electron chi connectivity index (χ2n) is 4.50. The number of amides is 1. The van der Waals surface area contributed by atoms with Gasteiger partial charge in [0.05, 0.1) is 23.0 Å². The average molecular weight is 291 g/mol. The molecule has 0 bridgehead atoms. The first-order valence-corrected chi connectivity index (χ1v) is 6.61. The quantitative estimate of drug-likeness (QED) is 0.932. The summed E-state index contributed by atoms with van der Waals surface area (Å²) in [5.41, 5.74) is 1.02. The summed E-state index contributed by atoms with van der Waals surface area (Å²) in [5.74, 6) is 0.493. The minimum absolute atomic E-state index is 0.101. The van der Waals surface area contributed by atoms with Crippen LogP contribution in [0, 0.1) is 0 Å². The van der Waals surface area contributed by atoms with E-state index in [1.54, 1.807) is 36.5 Å². The average Bonchev–Trinajstić information content (AvgIpc) is 2.41. The molecule has 0 unspecified atom stereocenters. The highest BCUT2D eigenvalue weighted by Gasteiger charge is 2.08. The van der Waals surface area contributed by atoms with Gasteiger partial charge in [-0.1, -0.05) is 11.6 Å². The highest BCUT2D eigenvalue weighted by molar-refractivity contribution is 6.33. The third-order valence-electron chi connectivity index (χ3n) is 2.50. The Morgan fingerprint density at radius 1 is 1.25 bits per heavy atom. The summed E-state index contributed by atoms with van der Waals surface area (Å²) < 4.78 is 5.52. The first kappa shape index (κ1) is 14.3. The Hall–Kier alpha value is -2.07. The van der Waals surface area contributed by atoms with E-state index in [1.165, 1.54) is 6.20 Å². The molecule has 1 aromatic heterocycles. The van der Waals surface area contributed by atoms with Crippen LogP contribution < -0.4 is 10.1 Å². The van der Waals surface area contributed by atoms with E-state index >= 15 is 0 Å². The van der Waals surface area contributed by atoms with E-state index in [9.17, 15) is 4.79 Å². The van der Waals surface area contributed by atoms with Crippen LogP contribution in [-0.4, -0.2) is 17.0 Å². The molecule has 1 amide bonds. The lowest BCUT2D eigenvalue weighted by Crippen LogP contribution is -2.12. The van der Waals surface area contributed by atoms with Gasteiger partial charge in [-0.2, -0.15) is 0 Å². The molecule has 0 aliphatic rings. The van der Waals surface area contributed by atoms with Crippen LogP contribution in [0.2, 0.25) is 5.02 Å². The molecule has 2 rings (SSSR count). The minimum atomic E-state index is -0.240. The first-order chi connectivity index (χ1) is 9.56. The van der Waals surface area contributed by atoms with E-state index in [2.05, 4.69) is 10.3 Å². The molecule has 0 radical (unpaired) electrons. The lowest BCUT2D eigenvalue weighted by Gasteiger charge is -2.10. The Kier molecular flexibility index (Phi) is 4.58. The molecule has 0 atom stereocenters. The summed E-state index contributed by atoms with van der Waals surface area (Å²) in [7, 11) is 0. The van der Waals surface area contributed by atoms with Crippen molar-refractivity contribution in [3.8, 4) is 5.75 Å². The summed E-state index contributed by atoms with van der Waals surface area (Å²) in [6.07, 6.45) is 3.18. The van der Waals surface area contributed by atoms with Gasteiger partial charge in [0.15, 0.2) is 0 Å². The number of carbonyl (C=O) groups is 1. The monoisotopic (exact) mass is 290 g/mol. The largest absolute Gasteiger partial charge is 0.491 e. The summed E-state index contributed by atoms with van der Waals surface area (Å²) >= 11 is 5.96. The molecule has 4 nitrogen and oxygen atoms in total. The Morgan fingerprint density at radius 3 is 2.55 bits per heavy atom. The Morgan fingerprint density at radius 2 is 1.95 bits per heavy atom. The fourth-order valence-electron chi connectivity index (χ4n) is 1.62. The maximum Gasteiger partial charge on any atom is 0.255 e. The predicted molar refractivity (Wildman–Crippen MR) is 79.4 cm³/mol. The van der Waals surface area contributed by atoms with Crippen molar-refractivity contribution in [2.45, 2.75) is 20.0 Å². The van der Waals surface area contributed by atoms with E-state index in [0.717, 1.165) is 5.75 Å². The maximum atomic E-state index is 12.1. The molecule has 104 valence electrons. The number of rotatable bonds is 4. The number of pyridine rings is 1. The first-order valence-electron chi connectivity index (χ1n) is 6.24.